The van der Waals surface area contributed by atoms with E-state index in [1.165, 1.54) is 11.3 Å². The first-order valence-corrected chi connectivity index (χ1v) is 11.1. The van der Waals surface area contributed by atoms with Crippen molar-refractivity contribution < 1.29 is 19.4 Å². The molecule has 0 aliphatic carbocycles. The Kier molecular flexibility index (Phi) is 5.72. The van der Waals surface area contributed by atoms with Gasteiger partial charge in [0.05, 0.1) is 26.6 Å². The van der Waals surface area contributed by atoms with Crippen molar-refractivity contribution in [3.05, 3.63) is 60.3 Å². The van der Waals surface area contributed by atoms with Gasteiger partial charge in [0.1, 0.15) is 0 Å². The van der Waals surface area contributed by atoms with E-state index in [1.807, 2.05) is 32.9 Å². The van der Waals surface area contributed by atoms with Crippen molar-refractivity contribution in [3.63, 3.8) is 0 Å². The number of nitrogens with zero attached hydrogens (tertiary/aromatic N) is 2. The smallest absolute Gasteiger partial charge is 0.341 e. The van der Waals surface area contributed by atoms with Crippen molar-refractivity contribution in [3.8, 4) is 11.5 Å². The number of ether oxygens (including phenoxy) is 2. The number of benzene rings is 2. The van der Waals surface area contributed by atoms with Crippen LogP contribution in [0.2, 0.25) is 0 Å². The van der Waals surface area contributed by atoms with Gasteiger partial charge in [0.25, 0.3) is 5.56 Å². The van der Waals surface area contributed by atoms with E-state index in [4.69, 9.17) is 14.6 Å². The van der Waals surface area contributed by atoms with E-state index in [0.29, 0.717) is 32.1 Å². The number of fused-ring (bicyclic) bond motifs is 3. The van der Waals surface area contributed by atoms with Crippen molar-refractivity contribution in [2.45, 2.75) is 20.8 Å². The Morgan fingerprint density at radius 1 is 1.23 bits per heavy atom. The molecule has 0 saturated carbocycles. The predicted molar refractivity (Wildman–Crippen MR) is 124 cm³/mol. The number of halogens is 1. The Morgan fingerprint density at radius 3 is 2.68 bits per heavy atom. The van der Waals surface area contributed by atoms with Gasteiger partial charge in [-0.2, -0.15) is 0 Å². The molecule has 2 aromatic carbocycles. The first-order chi connectivity index (χ1) is 14.8. The number of rotatable bonds is 6. The van der Waals surface area contributed by atoms with Crippen LogP contribution in [0.25, 0.3) is 22.1 Å². The molecule has 0 amide bonds. The molecular formula is C22H19BrN2O5S. The maximum Gasteiger partial charge on any atom is 0.341 e. The van der Waals surface area contributed by atoms with Crippen molar-refractivity contribution in [1.29, 1.82) is 0 Å². The van der Waals surface area contributed by atoms with Gasteiger partial charge in [0, 0.05) is 0 Å². The lowest BCUT2D eigenvalue weighted by molar-refractivity contribution is -0.139. The molecule has 2 heterocycles. The van der Waals surface area contributed by atoms with Gasteiger partial charge >= 0.3 is 5.97 Å². The Labute approximate surface area is 189 Å². The molecule has 31 heavy (non-hydrogen) atoms. The van der Waals surface area contributed by atoms with Gasteiger partial charge in [-0.25, -0.2) is 14.2 Å². The zero-order valence-corrected chi connectivity index (χ0v) is 19.5. The van der Waals surface area contributed by atoms with Gasteiger partial charge in [-0.3, -0.25) is 4.79 Å². The molecule has 4 aromatic rings. The molecule has 2 aromatic heterocycles. The molecule has 0 aliphatic rings. The molecule has 4 rings (SSSR count). The average Bonchev–Trinajstić information content (AvgIpc) is 3.18. The lowest BCUT2D eigenvalue weighted by atomic mass is 10.1. The molecule has 0 bridgehead atoms. The lowest BCUT2D eigenvalue weighted by Crippen LogP contribution is -2.22. The summed E-state index contributed by atoms with van der Waals surface area (Å²) in [5.41, 5.74) is 4.43. The zero-order chi connectivity index (χ0) is 22.3. The fourth-order valence-electron chi connectivity index (χ4n) is 3.28. The first kappa shape index (κ1) is 21.3. The number of carboxylic acid groups (broad SMARTS) is 1. The Bertz CT molecular complexity index is 1440. The molecule has 0 unspecified atom stereocenters. The monoisotopic (exact) mass is 502 g/mol. The average molecular weight is 503 g/mol. The summed E-state index contributed by atoms with van der Waals surface area (Å²) in [6.45, 7) is 5.75. The Balaban J connectivity index is 1.84. The van der Waals surface area contributed by atoms with Crippen molar-refractivity contribution in [2.75, 3.05) is 13.2 Å². The summed E-state index contributed by atoms with van der Waals surface area (Å²) in [6, 6.07) is 7.46. The second kappa shape index (κ2) is 8.32. The van der Waals surface area contributed by atoms with Crippen LogP contribution < -0.4 is 19.6 Å². The van der Waals surface area contributed by atoms with Crippen LogP contribution in [-0.4, -0.2) is 33.7 Å². The van der Waals surface area contributed by atoms with Gasteiger partial charge in [0.2, 0.25) is 0 Å². The van der Waals surface area contributed by atoms with Gasteiger partial charge in [-0.15, -0.1) is 0 Å². The highest BCUT2D eigenvalue weighted by Crippen LogP contribution is 2.37. The Morgan fingerprint density at radius 2 is 1.97 bits per heavy atom. The number of thiazole rings is 1. The van der Waals surface area contributed by atoms with E-state index < -0.39 is 12.6 Å². The van der Waals surface area contributed by atoms with Crippen LogP contribution >= 0.6 is 27.3 Å². The number of carbonyl (C=O) groups is 1. The normalized spacial score (nSPS) is 12.1. The predicted octanol–water partition coefficient (Wildman–Crippen LogP) is 3.70. The number of aliphatic carboxylic acids is 1. The van der Waals surface area contributed by atoms with Crippen LogP contribution in [0, 0.1) is 13.8 Å². The Hall–Kier alpha value is -2.91. The highest BCUT2D eigenvalue weighted by atomic mass is 79.9. The highest BCUT2D eigenvalue weighted by molar-refractivity contribution is 9.10. The van der Waals surface area contributed by atoms with Gasteiger partial charge in [-0.05, 0) is 83.7 Å². The van der Waals surface area contributed by atoms with Crippen LogP contribution in [0.15, 0.2) is 33.5 Å². The third kappa shape index (κ3) is 4.03. The first-order valence-electron chi connectivity index (χ1n) is 9.53. The van der Waals surface area contributed by atoms with E-state index in [1.54, 1.807) is 22.6 Å². The van der Waals surface area contributed by atoms with E-state index in [2.05, 4.69) is 20.9 Å². The number of imidazole rings is 1. The highest BCUT2D eigenvalue weighted by Gasteiger charge is 2.15. The number of aromatic nitrogens is 2. The fraction of sp³-hybridized carbons (Fsp3) is 0.227. The molecule has 160 valence electrons. The number of aryl methyl sites for hydroxylation is 2. The lowest BCUT2D eigenvalue weighted by Gasteiger charge is -2.13. The minimum atomic E-state index is -1.08. The topological polar surface area (TPSA) is 90.1 Å². The summed E-state index contributed by atoms with van der Waals surface area (Å²) in [7, 11) is 0. The summed E-state index contributed by atoms with van der Waals surface area (Å²) in [5.74, 6) is -0.378. The van der Waals surface area contributed by atoms with Crippen LogP contribution in [0.5, 0.6) is 11.5 Å². The van der Waals surface area contributed by atoms with Crippen molar-refractivity contribution in [1.82, 2.24) is 9.38 Å². The van der Waals surface area contributed by atoms with Gasteiger partial charge in [-0.1, -0.05) is 11.3 Å². The summed E-state index contributed by atoms with van der Waals surface area (Å²) < 4.78 is 13.7. The second-order valence-electron chi connectivity index (χ2n) is 7.02. The van der Waals surface area contributed by atoms with E-state index in [0.717, 1.165) is 27.7 Å². The van der Waals surface area contributed by atoms with Gasteiger partial charge in [0.15, 0.2) is 23.1 Å². The molecule has 0 aliphatic heterocycles. The maximum atomic E-state index is 13.1. The summed E-state index contributed by atoms with van der Waals surface area (Å²) >= 11 is 4.73. The number of hydrogen-bond donors (Lipinski definition) is 1. The standard InChI is InChI=1S/C22H19BrN2O5S/c1-4-29-17-8-13(7-14(23)20(17)30-10-19(26)27)9-18-21(28)25-16-6-12(3)11(2)5-15(16)24-22(25)31-18/h5-9H,4,10H2,1-3H3,(H,26,27)/b18-9-. The molecule has 0 spiro atoms. The van der Waals surface area contributed by atoms with E-state index in [9.17, 15) is 9.59 Å². The molecular weight excluding hydrogens is 484 g/mol. The van der Waals surface area contributed by atoms with Crippen LogP contribution in [0.3, 0.4) is 0 Å². The number of carboxylic acids is 1. The zero-order valence-electron chi connectivity index (χ0n) is 17.1. The van der Waals surface area contributed by atoms with Crippen molar-refractivity contribution in [2.24, 2.45) is 0 Å². The quantitative estimate of drug-likeness (QED) is 0.432. The fourth-order valence-corrected chi connectivity index (χ4v) is 4.84. The molecule has 1 N–H and O–H groups in total. The summed E-state index contributed by atoms with van der Waals surface area (Å²) in [5, 5.41) is 8.89. The summed E-state index contributed by atoms with van der Waals surface area (Å²) in [4.78, 5) is 29.2. The largest absolute Gasteiger partial charge is 0.490 e. The van der Waals surface area contributed by atoms with Gasteiger partial charge < -0.3 is 14.6 Å². The molecule has 9 heteroatoms. The second-order valence-corrected chi connectivity index (χ2v) is 8.88. The molecule has 7 nitrogen and oxygen atoms in total. The van der Waals surface area contributed by atoms with Crippen LogP contribution in [-0.2, 0) is 4.79 Å². The summed E-state index contributed by atoms with van der Waals surface area (Å²) in [6.07, 6.45) is 1.77. The van der Waals surface area contributed by atoms with E-state index >= 15 is 0 Å². The molecule has 0 radical (unpaired) electrons. The minimum absolute atomic E-state index is 0.133. The molecule has 0 atom stereocenters. The maximum absolute atomic E-state index is 13.1. The minimum Gasteiger partial charge on any atom is -0.490 e. The van der Waals surface area contributed by atoms with E-state index in [-0.39, 0.29) is 5.56 Å². The molecule has 0 saturated heterocycles. The molecule has 0 fully saturated rings. The third-order valence-electron chi connectivity index (χ3n) is 4.82. The SMILES string of the molecule is CCOc1cc(/C=c2\sc3nc4cc(C)c(C)cc4n3c2=O)cc(Br)c1OCC(=O)O. The third-order valence-corrected chi connectivity index (χ3v) is 6.38. The van der Waals surface area contributed by atoms with Crippen LogP contribution in [0.4, 0.5) is 0 Å². The van der Waals surface area contributed by atoms with Crippen molar-refractivity contribution >= 4 is 55.3 Å². The van der Waals surface area contributed by atoms with Crippen LogP contribution in [0.1, 0.15) is 23.6 Å². The number of hydrogen-bond acceptors (Lipinski definition) is 6.